The molecule has 0 aliphatic rings. The quantitative estimate of drug-likeness (QED) is 0.381. The first-order valence-corrected chi connectivity index (χ1v) is 11.2. The van der Waals surface area contributed by atoms with Crippen molar-refractivity contribution in [1.82, 2.24) is 14.9 Å². The van der Waals surface area contributed by atoms with Crippen LogP contribution in [0.25, 0.3) is 0 Å². The number of hydrogen-bond donors (Lipinski definition) is 2. The van der Waals surface area contributed by atoms with Gasteiger partial charge in [0.15, 0.2) is 0 Å². The van der Waals surface area contributed by atoms with Crippen LogP contribution >= 0.6 is 11.3 Å². The van der Waals surface area contributed by atoms with E-state index in [0.717, 1.165) is 16.9 Å². The van der Waals surface area contributed by atoms with Crippen LogP contribution in [0.5, 0.6) is 11.5 Å². The predicted octanol–water partition coefficient (Wildman–Crippen LogP) is 2.46. The van der Waals surface area contributed by atoms with Crippen molar-refractivity contribution in [1.29, 1.82) is 0 Å². The van der Waals surface area contributed by atoms with Gasteiger partial charge in [-0.15, -0.1) is 10.2 Å². The zero-order valence-electron chi connectivity index (χ0n) is 16.3. The number of anilines is 1. The number of amides is 1. The lowest BCUT2D eigenvalue weighted by Crippen LogP contribution is -2.28. The first kappa shape index (κ1) is 21.7. The number of aromatic nitrogens is 2. The summed E-state index contributed by atoms with van der Waals surface area (Å²) in [5, 5.41) is 10.0. The normalized spacial score (nSPS) is 11.1. The van der Waals surface area contributed by atoms with Gasteiger partial charge in [0.25, 0.3) is 15.9 Å². The Morgan fingerprint density at radius 1 is 1.10 bits per heavy atom. The second kappa shape index (κ2) is 9.65. The minimum absolute atomic E-state index is 0.0319. The number of rotatable bonds is 9. The van der Waals surface area contributed by atoms with Crippen molar-refractivity contribution >= 4 is 32.4 Å². The Morgan fingerprint density at radius 2 is 1.83 bits per heavy atom. The van der Waals surface area contributed by atoms with Gasteiger partial charge in [-0.2, -0.15) is 0 Å². The Morgan fingerprint density at radius 3 is 2.57 bits per heavy atom. The number of hydrogen-bond acceptors (Lipinski definition) is 8. The minimum atomic E-state index is -3.87. The molecule has 1 heterocycles. The number of methoxy groups -OCH3 is 1. The smallest absolute Gasteiger partial charge is 0.269 e. The molecule has 0 radical (unpaired) electrons. The van der Waals surface area contributed by atoms with Gasteiger partial charge in [-0.05, 0) is 31.2 Å². The number of nitrogens with one attached hydrogen (secondary N) is 2. The average molecular weight is 449 g/mol. The third-order valence-corrected chi connectivity index (χ3v) is 6.54. The van der Waals surface area contributed by atoms with E-state index < -0.39 is 15.9 Å². The molecule has 9 nitrogen and oxygen atoms in total. The molecule has 0 spiro atoms. The third kappa shape index (κ3) is 5.75. The summed E-state index contributed by atoms with van der Waals surface area (Å²) >= 11 is 0.763. The topological polar surface area (TPSA) is 120 Å². The highest BCUT2D eigenvalue weighted by molar-refractivity contribution is 7.91. The van der Waals surface area contributed by atoms with Crippen LogP contribution in [-0.4, -0.2) is 44.8 Å². The molecule has 158 valence electrons. The molecule has 0 atom stereocenters. The van der Waals surface area contributed by atoms with Crippen LogP contribution < -0.4 is 19.5 Å². The Kier molecular flexibility index (Phi) is 6.98. The molecular weight excluding hydrogens is 428 g/mol. The third-order valence-electron chi connectivity index (χ3n) is 3.87. The van der Waals surface area contributed by atoms with Crippen LogP contribution in [0.15, 0.2) is 52.9 Å². The summed E-state index contributed by atoms with van der Waals surface area (Å²) in [7, 11) is -2.33. The zero-order valence-corrected chi connectivity index (χ0v) is 17.9. The number of carbonyl (C=O) groups is 1. The molecule has 30 heavy (non-hydrogen) atoms. The number of nitrogens with zero attached hydrogens (tertiary/aromatic N) is 2. The largest absolute Gasteiger partial charge is 0.497 e. The Hall–Kier alpha value is -3.02. The van der Waals surface area contributed by atoms with E-state index in [-0.39, 0.29) is 22.6 Å². The predicted molar refractivity (Wildman–Crippen MR) is 113 cm³/mol. The average Bonchev–Trinajstić information content (AvgIpc) is 3.21. The maximum Gasteiger partial charge on any atom is 0.269 e. The molecule has 0 bridgehead atoms. The van der Waals surface area contributed by atoms with Gasteiger partial charge in [-0.1, -0.05) is 35.1 Å². The fraction of sp³-hybridized carbons (Fsp3) is 0.211. The molecule has 2 aromatic carbocycles. The Bertz CT molecular complexity index is 1110. The number of benzene rings is 2. The summed E-state index contributed by atoms with van der Waals surface area (Å²) in [4.78, 5) is 12.2. The summed E-state index contributed by atoms with van der Waals surface area (Å²) < 4.78 is 37.5. The summed E-state index contributed by atoms with van der Waals surface area (Å²) in [6.45, 7) is 2.06. The second-order valence-electron chi connectivity index (χ2n) is 6.12. The van der Waals surface area contributed by atoms with E-state index >= 15 is 0 Å². The highest BCUT2D eigenvalue weighted by atomic mass is 32.2. The molecule has 1 amide bonds. The standard InChI is InChI=1S/C19H20N4O5S2/c1-13-6-8-14(9-7-13)17(24)21-18-22-23-19(29-18)30(25,26)20-10-11-28-16-5-3-4-15(12-16)27-2/h3-9,12,20H,10-11H2,1-2H3,(H,21,22,24). The van der Waals surface area contributed by atoms with Crippen LogP contribution in [-0.2, 0) is 10.0 Å². The van der Waals surface area contributed by atoms with Crippen molar-refractivity contribution in [2.24, 2.45) is 0 Å². The SMILES string of the molecule is COc1cccc(OCCNS(=O)(=O)c2nnc(NC(=O)c3ccc(C)cc3)s2)c1. The molecule has 0 saturated carbocycles. The maximum absolute atomic E-state index is 12.4. The number of sulfonamides is 1. The lowest BCUT2D eigenvalue weighted by Gasteiger charge is -2.08. The van der Waals surface area contributed by atoms with E-state index in [0.29, 0.717) is 17.1 Å². The molecule has 0 fully saturated rings. The number of ether oxygens (including phenoxy) is 2. The molecule has 3 aromatic rings. The molecule has 0 unspecified atom stereocenters. The highest BCUT2D eigenvalue weighted by Crippen LogP contribution is 2.21. The first-order chi connectivity index (χ1) is 14.4. The number of aryl methyl sites for hydroxylation is 1. The van der Waals surface area contributed by atoms with E-state index in [4.69, 9.17) is 9.47 Å². The van der Waals surface area contributed by atoms with Crippen LogP contribution in [0.3, 0.4) is 0 Å². The van der Waals surface area contributed by atoms with Gasteiger partial charge in [0.05, 0.1) is 7.11 Å². The molecule has 3 rings (SSSR count). The summed E-state index contributed by atoms with van der Waals surface area (Å²) in [5.74, 6) is 0.808. The maximum atomic E-state index is 12.4. The lowest BCUT2D eigenvalue weighted by atomic mass is 10.1. The van der Waals surface area contributed by atoms with Crippen LogP contribution in [0.1, 0.15) is 15.9 Å². The van der Waals surface area contributed by atoms with Crippen LogP contribution in [0.4, 0.5) is 5.13 Å². The van der Waals surface area contributed by atoms with E-state index in [2.05, 4.69) is 20.2 Å². The van der Waals surface area contributed by atoms with Gasteiger partial charge in [0.1, 0.15) is 18.1 Å². The van der Waals surface area contributed by atoms with Crippen molar-refractivity contribution < 1.29 is 22.7 Å². The van der Waals surface area contributed by atoms with E-state index in [9.17, 15) is 13.2 Å². The second-order valence-corrected chi connectivity index (χ2v) is 9.04. The fourth-order valence-corrected chi connectivity index (χ4v) is 4.29. The Labute approximate surface area is 178 Å². The van der Waals surface area contributed by atoms with Crippen LogP contribution in [0.2, 0.25) is 0 Å². The van der Waals surface area contributed by atoms with Crippen LogP contribution in [0, 0.1) is 6.92 Å². The van der Waals surface area contributed by atoms with E-state index in [1.807, 2.05) is 19.1 Å². The van der Waals surface area contributed by atoms with Crippen molar-refractivity contribution in [3.63, 3.8) is 0 Å². The van der Waals surface area contributed by atoms with Crippen molar-refractivity contribution in [2.75, 3.05) is 25.6 Å². The molecule has 0 aliphatic carbocycles. The molecule has 0 aliphatic heterocycles. The molecule has 0 saturated heterocycles. The molecular formula is C19H20N4O5S2. The van der Waals surface area contributed by atoms with Crippen molar-refractivity contribution in [3.05, 3.63) is 59.7 Å². The summed E-state index contributed by atoms with van der Waals surface area (Å²) in [5.41, 5.74) is 1.46. The van der Waals surface area contributed by atoms with E-state index in [1.54, 1.807) is 43.5 Å². The molecule has 11 heteroatoms. The monoisotopic (exact) mass is 448 g/mol. The van der Waals surface area contributed by atoms with Gasteiger partial charge in [0.2, 0.25) is 9.47 Å². The number of carbonyl (C=O) groups excluding carboxylic acids is 1. The first-order valence-electron chi connectivity index (χ1n) is 8.85. The Balaban J connectivity index is 1.53. The van der Waals surface area contributed by atoms with Gasteiger partial charge in [0, 0.05) is 18.2 Å². The minimum Gasteiger partial charge on any atom is -0.497 e. The van der Waals surface area contributed by atoms with E-state index in [1.165, 1.54) is 0 Å². The molecule has 2 N–H and O–H groups in total. The van der Waals surface area contributed by atoms with Gasteiger partial charge < -0.3 is 9.47 Å². The van der Waals surface area contributed by atoms with Crippen molar-refractivity contribution in [2.45, 2.75) is 11.3 Å². The zero-order chi connectivity index (χ0) is 21.6. The summed E-state index contributed by atoms with van der Waals surface area (Å²) in [6, 6.07) is 13.9. The van der Waals surface area contributed by atoms with Gasteiger partial charge in [-0.3, -0.25) is 10.1 Å². The fourth-order valence-electron chi connectivity index (χ4n) is 2.34. The van der Waals surface area contributed by atoms with Crippen molar-refractivity contribution in [3.8, 4) is 11.5 Å². The van der Waals surface area contributed by atoms with Gasteiger partial charge >= 0.3 is 0 Å². The highest BCUT2D eigenvalue weighted by Gasteiger charge is 2.20. The van der Waals surface area contributed by atoms with Gasteiger partial charge in [-0.25, -0.2) is 13.1 Å². The molecule has 1 aromatic heterocycles. The lowest BCUT2D eigenvalue weighted by molar-refractivity contribution is 0.102. The summed E-state index contributed by atoms with van der Waals surface area (Å²) in [6.07, 6.45) is 0.